The van der Waals surface area contributed by atoms with Crippen LogP contribution in [0.3, 0.4) is 0 Å². The van der Waals surface area contributed by atoms with Crippen molar-refractivity contribution in [3.05, 3.63) is 0 Å². The predicted octanol–water partition coefficient (Wildman–Crippen LogP) is 5.28. The van der Waals surface area contributed by atoms with Gasteiger partial charge in [-0.3, -0.25) is 4.79 Å². The zero-order valence-corrected chi connectivity index (χ0v) is 19.3. The fraction of sp³-hybridized carbons (Fsp3) is 0.958. The number of hydrogen-bond donors (Lipinski definition) is 3. The van der Waals surface area contributed by atoms with E-state index in [1.165, 1.54) is 52.1 Å². The van der Waals surface area contributed by atoms with Crippen molar-refractivity contribution in [2.75, 3.05) is 7.11 Å². The Morgan fingerprint density at radius 2 is 1.31 bits per heavy atom. The van der Waals surface area contributed by atoms with Gasteiger partial charge in [0.05, 0.1) is 6.10 Å². The Morgan fingerprint density at radius 1 is 0.828 bits per heavy atom. The fourth-order valence-electron chi connectivity index (χ4n) is 3.90. The maximum absolute atomic E-state index is 11.9. The van der Waals surface area contributed by atoms with Gasteiger partial charge in [0.15, 0.2) is 5.79 Å². The molecule has 0 aromatic carbocycles. The summed E-state index contributed by atoms with van der Waals surface area (Å²) in [5.74, 6) is -1.65. The van der Waals surface area contributed by atoms with Gasteiger partial charge in [0.2, 0.25) is 0 Å². The molecule has 0 saturated heterocycles. The summed E-state index contributed by atoms with van der Waals surface area (Å²) in [6.45, 7) is 4.05. The Bertz CT molecular complexity index is 379. The quantitative estimate of drug-likeness (QED) is 0.175. The zero-order chi connectivity index (χ0) is 22.0. The minimum absolute atomic E-state index is 0.114. The van der Waals surface area contributed by atoms with Crippen LogP contribution in [0.4, 0.5) is 0 Å². The highest BCUT2D eigenvalue weighted by atomic mass is 16.6. The first-order valence-electron chi connectivity index (χ1n) is 12.0. The van der Waals surface area contributed by atoms with Crippen molar-refractivity contribution in [3.63, 3.8) is 0 Å². The third kappa shape index (κ3) is 15.9. The molecule has 0 aromatic heterocycles. The summed E-state index contributed by atoms with van der Waals surface area (Å²) in [7, 11) is 1.44. The van der Waals surface area contributed by atoms with Crippen molar-refractivity contribution in [3.8, 4) is 0 Å². The number of rotatable bonds is 21. The van der Waals surface area contributed by atoms with Crippen LogP contribution in [0.2, 0.25) is 0 Å². The molecule has 0 aromatic rings. The molecule has 0 bridgehead atoms. The van der Waals surface area contributed by atoms with Crippen LogP contribution in [0.15, 0.2) is 0 Å². The highest BCUT2D eigenvalue weighted by Crippen LogP contribution is 2.22. The van der Waals surface area contributed by atoms with Crippen LogP contribution < -0.4 is 0 Å². The van der Waals surface area contributed by atoms with Crippen LogP contribution in [0.1, 0.15) is 123 Å². The first-order chi connectivity index (χ1) is 13.9. The van der Waals surface area contributed by atoms with E-state index in [0.717, 1.165) is 32.1 Å². The number of aliphatic hydroxyl groups excluding tert-OH is 1. The molecule has 0 aliphatic carbocycles. The number of carbonyl (C=O) groups excluding carboxylic acids is 1. The van der Waals surface area contributed by atoms with E-state index >= 15 is 0 Å². The molecule has 0 spiro atoms. The largest absolute Gasteiger partial charge is 0.393 e. The van der Waals surface area contributed by atoms with E-state index in [-0.39, 0.29) is 6.42 Å². The molecule has 5 nitrogen and oxygen atoms in total. The number of unbranched alkanes of at least 4 members (excludes halogenated alkanes) is 10. The van der Waals surface area contributed by atoms with Gasteiger partial charge in [0.1, 0.15) is 11.9 Å². The van der Waals surface area contributed by atoms with Crippen LogP contribution in [-0.2, 0) is 9.53 Å². The average molecular weight is 417 g/mol. The monoisotopic (exact) mass is 416 g/mol. The molecule has 0 aliphatic rings. The molecule has 0 saturated carbocycles. The van der Waals surface area contributed by atoms with Crippen LogP contribution in [-0.4, -0.2) is 46.2 Å². The first-order valence-corrected chi connectivity index (χ1v) is 12.0. The second-order valence-corrected chi connectivity index (χ2v) is 8.59. The van der Waals surface area contributed by atoms with Gasteiger partial charge in [-0.15, -0.1) is 0 Å². The Morgan fingerprint density at radius 3 is 1.79 bits per heavy atom. The van der Waals surface area contributed by atoms with Crippen molar-refractivity contribution in [2.45, 2.75) is 141 Å². The number of ketones is 1. The summed E-state index contributed by atoms with van der Waals surface area (Å²) < 4.78 is 5.06. The van der Waals surface area contributed by atoms with E-state index in [0.29, 0.717) is 31.5 Å². The van der Waals surface area contributed by atoms with Crippen LogP contribution >= 0.6 is 0 Å². The molecular weight excluding hydrogens is 368 g/mol. The highest BCUT2D eigenvalue weighted by Gasteiger charge is 2.35. The van der Waals surface area contributed by atoms with E-state index in [1.54, 1.807) is 0 Å². The average Bonchev–Trinajstić information content (AvgIpc) is 2.66. The molecule has 2 atom stereocenters. The highest BCUT2D eigenvalue weighted by molar-refractivity contribution is 5.78. The van der Waals surface area contributed by atoms with Gasteiger partial charge in [-0.1, -0.05) is 78.1 Å². The number of carbonyl (C=O) groups is 1. The topological polar surface area (TPSA) is 87.0 Å². The molecule has 29 heavy (non-hydrogen) atoms. The van der Waals surface area contributed by atoms with E-state index in [2.05, 4.69) is 6.92 Å². The summed E-state index contributed by atoms with van der Waals surface area (Å²) in [4.78, 5) is 11.9. The van der Waals surface area contributed by atoms with Gasteiger partial charge >= 0.3 is 0 Å². The maximum atomic E-state index is 11.9. The van der Waals surface area contributed by atoms with E-state index in [1.807, 2.05) is 6.92 Å². The number of Topliss-reactive ketones (excluding diaryl/α,β-unsaturated/α-hetero) is 1. The summed E-state index contributed by atoms with van der Waals surface area (Å²) in [6, 6.07) is 0. The lowest BCUT2D eigenvalue weighted by atomic mass is 9.97. The molecule has 0 aliphatic heterocycles. The SMILES string of the molecule is CCCCCCCCCCCC(=O)CCCCCC(O)CC(O)(O)C(CC)OC. The van der Waals surface area contributed by atoms with Crippen molar-refractivity contribution in [1.82, 2.24) is 0 Å². The molecule has 0 radical (unpaired) electrons. The second-order valence-electron chi connectivity index (χ2n) is 8.59. The van der Waals surface area contributed by atoms with Gasteiger partial charge < -0.3 is 20.1 Å². The van der Waals surface area contributed by atoms with Gasteiger partial charge in [-0.2, -0.15) is 0 Å². The summed E-state index contributed by atoms with van der Waals surface area (Å²) in [6.07, 6.45) is 14.6. The third-order valence-electron chi connectivity index (χ3n) is 5.76. The molecule has 174 valence electrons. The van der Waals surface area contributed by atoms with Gasteiger partial charge in [-0.05, 0) is 25.7 Å². The Hall–Kier alpha value is -0.490. The molecule has 0 fully saturated rings. The van der Waals surface area contributed by atoms with Gasteiger partial charge in [-0.25, -0.2) is 0 Å². The minimum Gasteiger partial charge on any atom is -0.393 e. The van der Waals surface area contributed by atoms with Gasteiger partial charge in [0.25, 0.3) is 0 Å². The van der Waals surface area contributed by atoms with Crippen molar-refractivity contribution in [2.24, 2.45) is 0 Å². The van der Waals surface area contributed by atoms with Crippen molar-refractivity contribution >= 4 is 5.78 Å². The second kappa shape index (κ2) is 18.3. The number of ether oxygens (including phenoxy) is 1. The molecule has 0 rings (SSSR count). The van der Waals surface area contributed by atoms with Crippen LogP contribution in [0.5, 0.6) is 0 Å². The molecule has 0 heterocycles. The van der Waals surface area contributed by atoms with Crippen molar-refractivity contribution in [1.29, 1.82) is 0 Å². The lowest BCUT2D eigenvalue weighted by molar-refractivity contribution is -0.246. The Balaban J connectivity index is 3.59. The Labute approximate surface area is 179 Å². The lowest BCUT2D eigenvalue weighted by Gasteiger charge is -2.31. The smallest absolute Gasteiger partial charge is 0.192 e. The van der Waals surface area contributed by atoms with Crippen LogP contribution in [0.25, 0.3) is 0 Å². The summed E-state index contributed by atoms with van der Waals surface area (Å²) in [5, 5.41) is 30.1. The van der Waals surface area contributed by atoms with E-state index in [9.17, 15) is 20.1 Å². The maximum Gasteiger partial charge on any atom is 0.192 e. The van der Waals surface area contributed by atoms with Crippen LogP contribution in [0, 0.1) is 0 Å². The van der Waals surface area contributed by atoms with E-state index < -0.39 is 18.0 Å². The number of methoxy groups -OCH3 is 1. The lowest BCUT2D eigenvalue weighted by Crippen LogP contribution is -2.45. The van der Waals surface area contributed by atoms with E-state index in [4.69, 9.17) is 4.74 Å². The first kappa shape index (κ1) is 28.5. The Kier molecular flexibility index (Phi) is 18.0. The molecule has 0 amide bonds. The third-order valence-corrected chi connectivity index (χ3v) is 5.76. The number of aliphatic hydroxyl groups is 3. The minimum atomic E-state index is -2.01. The number of hydrogen-bond acceptors (Lipinski definition) is 5. The normalized spacial score (nSPS) is 14.1. The van der Waals surface area contributed by atoms with Gasteiger partial charge in [0, 0.05) is 26.4 Å². The molecule has 3 N–H and O–H groups in total. The fourth-order valence-corrected chi connectivity index (χ4v) is 3.90. The molecule has 2 unspecified atom stereocenters. The summed E-state index contributed by atoms with van der Waals surface area (Å²) >= 11 is 0. The molecular formula is C24H48O5. The predicted molar refractivity (Wildman–Crippen MR) is 119 cm³/mol. The molecule has 5 heteroatoms. The summed E-state index contributed by atoms with van der Waals surface area (Å²) in [5.41, 5.74) is 0. The standard InChI is InChI=1S/C24H48O5/c1-4-6-7-8-9-10-11-12-14-17-21(25)18-15-13-16-19-22(26)20-24(27,28)23(5-2)29-3/h22-23,26-28H,4-20H2,1-3H3. The zero-order valence-electron chi connectivity index (χ0n) is 19.3. The van der Waals surface area contributed by atoms with Crippen molar-refractivity contribution < 1.29 is 24.9 Å².